The topological polar surface area (TPSA) is 77.4 Å². The first kappa shape index (κ1) is 13.1. The van der Waals surface area contributed by atoms with Crippen LogP contribution in [0.4, 0.5) is 5.82 Å². The Hall–Kier alpha value is -2.35. The van der Waals surface area contributed by atoms with E-state index in [-0.39, 0.29) is 0 Å². The molecule has 0 aliphatic carbocycles. The van der Waals surface area contributed by atoms with E-state index in [0.29, 0.717) is 11.4 Å². The Morgan fingerprint density at radius 2 is 2.26 bits per heavy atom. The van der Waals surface area contributed by atoms with Crippen LogP contribution in [0.15, 0.2) is 18.5 Å². The molecule has 2 heterocycles. The van der Waals surface area contributed by atoms with E-state index in [1.807, 2.05) is 26.1 Å². The number of anilines is 1. The third-order valence-corrected chi connectivity index (χ3v) is 2.89. The zero-order chi connectivity index (χ0) is 13.7. The number of rotatable bonds is 5. The first-order valence-electron chi connectivity index (χ1n) is 6.31. The largest absolute Gasteiger partial charge is 0.369 e. The van der Waals surface area contributed by atoms with Gasteiger partial charge in [-0.2, -0.15) is 5.26 Å². The van der Waals surface area contributed by atoms with Crippen LogP contribution in [0.3, 0.4) is 0 Å². The van der Waals surface area contributed by atoms with Crippen molar-refractivity contribution in [3.05, 3.63) is 41.1 Å². The van der Waals surface area contributed by atoms with Crippen molar-refractivity contribution in [2.75, 3.05) is 11.9 Å². The van der Waals surface area contributed by atoms with Crippen LogP contribution in [0.5, 0.6) is 0 Å². The predicted octanol–water partition coefficient (Wildman–Crippen LogP) is 2.34. The summed E-state index contributed by atoms with van der Waals surface area (Å²) in [5, 5.41) is 12.4. The molecule has 0 bridgehead atoms. The summed E-state index contributed by atoms with van der Waals surface area (Å²) in [6.07, 6.45) is 5.39. The Labute approximate surface area is 112 Å². The lowest BCUT2D eigenvalue weighted by Gasteiger charge is -2.09. The molecule has 0 unspecified atom stereocenters. The molecule has 0 atom stereocenters. The summed E-state index contributed by atoms with van der Waals surface area (Å²) in [4.78, 5) is 11.6. The smallest absolute Gasteiger partial charge is 0.144 e. The highest BCUT2D eigenvalue weighted by molar-refractivity contribution is 5.56. The number of nitriles is 1. The van der Waals surface area contributed by atoms with Gasteiger partial charge in [-0.15, -0.1) is 0 Å². The van der Waals surface area contributed by atoms with Gasteiger partial charge in [-0.1, -0.05) is 0 Å². The molecule has 0 amide bonds. The highest BCUT2D eigenvalue weighted by atomic mass is 15.0. The average molecular weight is 255 g/mol. The number of aromatic amines is 1. The molecule has 0 saturated carbocycles. The number of hydrogen-bond donors (Lipinski definition) is 2. The fraction of sp³-hybridized carbons (Fsp3) is 0.357. The van der Waals surface area contributed by atoms with Crippen molar-refractivity contribution in [2.24, 2.45) is 0 Å². The van der Waals surface area contributed by atoms with Crippen LogP contribution in [0, 0.1) is 25.2 Å². The van der Waals surface area contributed by atoms with E-state index in [1.165, 1.54) is 0 Å². The Bertz CT molecular complexity index is 581. The van der Waals surface area contributed by atoms with Crippen molar-refractivity contribution in [3.8, 4) is 6.07 Å². The van der Waals surface area contributed by atoms with Crippen LogP contribution in [0.2, 0.25) is 0 Å². The van der Waals surface area contributed by atoms with Crippen molar-refractivity contribution < 1.29 is 0 Å². The van der Waals surface area contributed by atoms with Crippen LogP contribution < -0.4 is 5.32 Å². The predicted molar refractivity (Wildman–Crippen MR) is 73.8 cm³/mol. The number of pyridine rings is 1. The lowest BCUT2D eigenvalue weighted by molar-refractivity contribution is 0.813. The zero-order valence-electron chi connectivity index (χ0n) is 11.2. The molecule has 0 fully saturated rings. The summed E-state index contributed by atoms with van der Waals surface area (Å²) >= 11 is 0. The van der Waals surface area contributed by atoms with Gasteiger partial charge in [0.15, 0.2) is 0 Å². The van der Waals surface area contributed by atoms with E-state index in [1.54, 1.807) is 6.20 Å². The normalized spacial score (nSPS) is 10.2. The van der Waals surface area contributed by atoms with Gasteiger partial charge in [0.25, 0.3) is 0 Å². The molecular formula is C14H17N5. The van der Waals surface area contributed by atoms with Crippen molar-refractivity contribution >= 4 is 5.82 Å². The van der Waals surface area contributed by atoms with Gasteiger partial charge in [0, 0.05) is 31.1 Å². The molecule has 5 heteroatoms. The molecule has 2 rings (SSSR count). The molecule has 0 aliphatic rings. The first-order valence-corrected chi connectivity index (χ1v) is 6.31. The summed E-state index contributed by atoms with van der Waals surface area (Å²) < 4.78 is 0. The summed E-state index contributed by atoms with van der Waals surface area (Å²) in [7, 11) is 0. The standard InChI is InChI=1S/C14H17N5/c1-10-8-11(2)19-14(12(10)9-15)18-5-3-4-13-16-6-7-17-13/h6-8H,3-5H2,1-2H3,(H,16,17)(H,18,19). The van der Waals surface area contributed by atoms with Crippen LogP contribution in [-0.4, -0.2) is 21.5 Å². The van der Waals surface area contributed by atoms with Gasteiger partial charge in [0.1, 0.15) is 17.7 Å². The summed E-state index contributed by atoms with van der Waals surface area (Å²) in [6, 6.07) is 4.13. The van der Waals surface area contributed by atoms with Crippen LogP contribution in [0.25, 0.3) is 0 Å². The van der Waals surface area contributed by atoms with E-state index in [9.17, 15) is 0 Å². The molecule has 0 aliphatic heterocycles. The lowest BCUT2D eigenvalue weighted by atomic mass is 10.1. The third kappa shape index (κ3) is 3.32. The van der Waals surface area contributed by atoms with Crippen molar-refractivity contribution in [3.63, 3.8) is 0 Å². The van der Waals surface area contributed by atoms with E-state index >= 15 is 0 Å². The second-order valence-corrected chi connectivity index (χ2v) is 4.48. The number of aromatic nitrogens is 3. The van der Waals surface area contributed by atoms with Crippen LogP contribution in [-0.2, 0) is 6.42 Å². The SMILES string of the molecule is Cc1cc(C)c(C#N)c(NCCCc2ncc[nH]2)n1. The molecule has 2 N–H and O–H groups in total. The van der Waals surface area contributed by atoms with Gasteiger partial charge >= 0.3 is 0 Å². The molecule has 0 aromatic carbocycles. The number of aryl methyl sites for hydroxylation is 3. The summed E-state index contributed by atoms with van der Waals surface area (Å²) in [6.45, 7) is 4.63. The zero-order valence-corrected chi connectivity index (χ0v) is 11.2. The molecule has 2 aromatic heterocycles. The van der Waals surface area contributed by atoms with Gasteiger partial charge in [-0.05, 0) is 31.9 Å². The first-order chi connectivity index (χ1) is 9.20. The molecule has 0 saturated heterocycles. The number of nitrogens with zero attached hydrogens (tertiary/aromatic N) is 3. The quantitative estimate of drug-likeness (QED) is 0.804. The fourth-order valence-electron chi connectivity index (χ4n) is 2.00. The van der Waals surface area contributed by atoms with Crippen molar-refractivity contribution in [2.45, 2.75) is 26.7 Å². The summed E-state index contributed by atoms with van der Waals surface area (Å²) in [5.74, 6) is 1.66. The molecule has 98 valence electrons. The van der Waals surface area contributed by atoms with Gasteiger partial charge in [0.2, 0.25) is 0 Å². The fourth-order valence-corrected chi connectivity index (χ4v) is 2.00. The van der Waals surface area contributed by atoms with E-state index < -0.39 is 0 Å². The third-order valence-electron chi connectivity index (χ3n) is 2.89. The minimum Gasteiger partial charge on any atom is -0.369 e. The van der Waals surface area contributed by atoms with Gasteiger partial charge < -0.3 is 10.3 Å². The second kappa shape index (κ2) is 6.01. The number of imidazole rings is 1. The van der Waals surface area contributed by atoms with Crippen molar-refractivity contribution in [1.29, 1.82) is 5.26 Å². The molecule has 19 heavy (non-hydrogen) atoms. The molecule has 5 nitrogen and oxygen atoms in total. The Kier molecular flexibility index (Phi) is 4.14. The molecule has 0 spiro atoms. The molecule has 2 aromatic rings. The van der Waals surface area contributed by atoms with E-state index in [2.05, 4.69) is 26.3 Å². The van der Waals surface area contributed by atoms with Gasteiger partial charge in [-0.3, -0.25) is 0 Å². The lowest BCUT2D eigenvalue weighted by Crippen LogP contribution is -2.08. The second-order valence-electron chi connectivity index (χ2n) is 4.48. The minimum atomic E-state index is 0.628. The van der Waals surface area contributed by atoms with Crippen LogP contribution >= 0.6 is 0 Å². The Morgan fingerprint density at radius 1 is 1.42 bits per heavy atom. The number of nitrogens with one attached hydrogen (secondary N) is 2. The van der Waals surface area contributed by atoms with E-state index in [0.717, 1.165) is 36.5 Å². The maximum Gasteiger partial charge on any atom is 0.144 e. The van der Waals surface area contributed by atoms with Crippen molar-refractivity contribution in [1.82, 2.24) is 15.0 Å². The maximum atomic E-state index is 9.15. The Balaban J connectivity index is 1.94. The molecule has 0 radical (unpaired) electrons. The highest BCUT2D eigenvalue weighted by Gasteiger charge is 2.07. The maximum absolute atomic E-state index is 9.15. The number of H-pyrrole nitrogens is 1. The monoisotopic (exact) mass is 255 g/mol. The number of hydrogen-bond acceptors (Lipinski definition) is 4. The highest BCUT2D eigenvalue weighted by Crippen LogP contribution is 2.17. The van der Waals surface area contributed by atoms with Gasteiger partial charge in [0.05, 0.1) is 5.56 Å². The minimum absolute atomic E-state index is 0.628. The average Bonchev–Trinajstić information content (AvgIpc) is 2.87. The summed E-state index contributed by atoms with van der Waals surface area (Å²) in [5.41, 5.74) is 2.51. The Morgan fingerprint density at radius 3 is 2.95 bits per heavy atom. The van der Waals surface area contributed by atoms with E-state index in [4.69, 9.17) is 5.26 Å². The van der Waals surface area contributed by atoms with Crippen LogP contribution in [0.1, 0.15) is 29.1 Å². The van der Waals surface area contributed by atoms with Gasteiger partial charge in [-0.25, -0.2) is 9.97 Å². The molecular weight excluding hydrogens is 238 g/mol.